The van der Waals surface area contributed by atoms with E-state index in [2.05, 4.69) is 17.1 Å². The maximum Gasteiger partial charge on any atom is 0.234 e. The number of para-hydroxylation sites is 1. The van der Waals surface area contributed by atoms with Crippen LogP contribution in [0.25, 0.3) is 0 Å². The van der Waals surface area contributed by atoms with Crippen LogP contribution < -0.4 is 14.8 Å². The van der Waals surface area contributed by atoms with Crippen molar-refractivity contribution >= 4 is 5.91 Å². The number of benzene rings is 2. The molecule has 1 fully saturated rings. The molecule has 1 aliphatic heterocycles. The highest BCUT2D eigenvalue weighted by Gasteiger charge is 2.34. The van der Waals surface area contributed by atoms with E-state index < -0.39 is 0 Å². The van der Waals surface area contributed by atoms with Gasteiger partial charge < -0.3 is 19.5 Å². The number of carbonyl (C=O) groups is 1. The van der Waals surface area contributed by atoms with Gasteiger partial charge >= 0.3 is 0 Å². The summed E-state index contributed by atoms with van der Waals surface area (Å²) in [5.41, 5.74) is 0.892. The summed E-state index contributed by atoms with van der Waals surface area (Å²) in [5, 5.41) is 2.94. The van der Waals surface area contributed by atoms with Crippen LogP contribution >= 0.6 is 0 Å². The molecule has 6 heteroatoms. The van der Waals surface area contributed by atoms with Gasteiger partial charge in [0.05, 0.1) is 13.1 Å². The molecule has 168 valence electrons. The summed E-state index contributed by atoms with van der Waals surface area (Å²) >= 11 is 0. The number of aryl methyl sites for hydroxylation is 1. The van der Waals surface area contributed by atoms with E-state index in [1.165, 1.54) is 5.56 Å². The average Bonchev–Trinajstić information content (AvgIpc) is 3.00. The fourth-order valence-electron chi connectivity index (χ4n) is 3.77. The molecule has 1 amide bonds. The van der Waals surface area contributed by atoms with Gasteiger partial charge in [-0.05, 0) is 57.0 Å². The Labute approximate surface area is 185 Å². The zero-order chi connectivity index (χ0) is 21.9. The van der Waals surface area contributed by atoms with Crippen molar-refractivity contribution in [1.82, 2.24) is 10.2 Å². The molecule has 0 aromatic heterocycles. The second kappa shape index (κ2) is 11.7. The zero-order valence-electron chi connectivity index (χ0n) is 18.6. The number of likely N-dealkylation sites (tertiary alicyclic amines) is 1. The summed E-state index contributed by atoms with van der Waals surface area (Å²) < 4.78 is 17.6. The van der Waals surface area contributed by atoms with Crippen molar-refractivity contribution in [2.75, 3.05) is 46.5 Å². The molecule has 6 nitrogen and oxygen atoms in total. The molecule has 1 unspecified atom stereocenters. The van der Waals surface area contributed by atoms with E-state index >= 15 is 0 Å². The molecule has 0 spiro atoms. The molecule has 1 saturated heterocycles. The third-order valence-corrected chi connectivity index (χ3v) is 5.75. The van der Waals surface area contributed by atoms with Crippen LogP contribution in [0.4, 0.5) is 0 Å². The molecule has 0 radical (unpaired) electrons. The highest BCUT2D eigenvalue weighted by Crippen LogP contribution is 2.27. The van der Waals surface area contributed by atoms with Crippen LogP contribution in [0.3, 0.4) is 0 Å². The van der Waals surface area contributed by atoms with Gasteiger partial charge in [0, 0.05) is 13.7 Å². The summed E-state index contributed by atoms with van der Waals surface area (Å²) in [4.78, 5) is 14.5. The summed E-state index contributed by atoms with van der Waals surface area (Å²) in [6, 6.07) is 17.7. The lowest BCUT2D eigenvalue weighted by Crippen LogP contribution is -2.41. The minimum atomic E-state index is -0.320. The summed E-state index contributed by atoms with van der Waals surface area (Å²) in [6.45, 7) is 5.61. The van der Waals surface area contributed by atoms with E-state index in [0.29, 0.717) is 26.3 Å². The minimum absolute atomic E-state index is 0.0254. The largest absolute Gasteiger partial charge is 0.492 e. The molecule has 31 heavy (non-hydrogen) atoms. The molecule has 2 aromatic rings. The maximum absolute atomic E-state index is 12.3. The number of hydrogen-bond acceptors (Lipinski definition) is 5. The SMILES string of the molecule is COC1(COc2ccc(C)cc2)CCCN(CC(=O)NCCOc2ccccc2)CC1. The van der Waals surface area contributed by atoms with E-state index in [4.69, 9.17) is 14.2 Å². The van der Waals surface area contributed by atoms with Crippen molar-refractivity contribution in [3.05, 3.63) is 60.2 Å². The lowest BCUT2D eigenvalue weighted by atomic mass is 9.95. The molecule has 1 N–H and O–H groups in total. The molecule has 1 heterocycles. The predicted molar refractivity (Wildman–Crippen MR) is 122 cm³/mol. The number of amides is 1. The first kappa shape index (κ1) is 23.1. The molecule has 2 aromatic carbocycles. The van der Waals surface area contributed by atoms with Crippen LogP contribution in [0.2, 0.25) is 0 Å². The fourth-order valence-corrected chi connectivity index (χ4v) is 3.77. The van der Waals surface area contributed by atoms with Crippen molar-refractivity contribution in [3.8, 4) is 11.5 Å². The smallest absolute Gasteiger partial charge is 0.234 e. The lowest BCUT2D eigenvalue weighted by molar-refractivity contribution is -0.122. The molecule has 0 saturated carbocycles. The van der Waals surface area contributed by atoms with Gasteiger partial charge in [0.25, 0.3) is 0 Å². The van der Waals surface area contributed by atoms with Gasteiger partial charge in [0.1, 0.15) is 30.3 Å². The van der Waals surface area contributed by atoms with E-state index in [0.717, 1.165) is 43.9 Å². The molecule has 1 atom stereocenters. The van der Waals surface area contributed by atoms with Crippen molar-refractivity contribution in [2.24, 2.45) is 0 Å². The van der Waals surface area contributed by atoms with Crippen molar-refractivity contribution < 1.29 is 19.0 Å². The number of methoxy groups -OCH3 is 1. The Balaban J connectivity index is 1.39. The Kier molecular flexibility index (Phi) is 8.74. The monoisotopic (exact) mass is 426 g/mol. The minimum Gasteiger partial charge on any atom is -0.492 e. The number of rotatable bonds is 10. The van der Waals surface area contributed by atoms with Gasteiger partial charge in [-0.15, -0.1) is 0 Å². The number of ether oxygens (including phenoxy) is 3. The number of carbonyl (C=O) groups excluding carboxylic acids is 1. The van der Waals surface area contributed by atoms with Crippen LogP contribution in [0.1, 0.15) is 24.8 Å². The first-order valence-electron chi connectivity index (χ1n) is 11.0. The Bertz CT molecular complexity index is 797. The number of nitrogens with one attached hydrogen (secondary N) is 1. The molecule has 1 aliphatic rings. The summed E-state index contributed by atoms with van der Waals surface area (Å²) in [7, 11) is 1.76. The molecule has 0 bridgehead atoms. The molecular weight excluding hydrogens is 392 g/mol. The Morgan fingerprint density at radius 3 is 2.48 bits per heavy atom. The number of hydrogen-bond donors (Lipinski definition) is 1. The standard InChI is InChI=1S/C25H34N2O4/c1-21-9-11-23(12-10-21)31-20-25(29-2)13-6-16-27(17-14-25)19-24(28)26-15-18-30-22-7-4-3-5-8-22/h3-5,7-12H,6,13-20H2,1-2H3,(H,26,28). The van der Waals surface area contributed by atoms with E-state index in [9.17, 15) is 4.79 Å². The number of nitrogens with zero attached hydrogens (tertiary/aromatic N) is 1. The van der Waals surface area contributed by atoms with Gasteiger partial charge in [0.15, 0.2) is 0 Å². The molecular formula is C25H34N2O4. The van der Waals surface area contributed by atoms with Gasteiger partial charge in [-0.2, -0.15) is 0 Å². The van der Waals surface area contributed by atoms with Gasteiger partial charge in [-0.3, -0.25) is 9.69 Å². The van der Waals surface area contributed by atoms with Crippen molar-refractivity contribution in [1.29, 1.82) is 0 Å². The second-order valence-electron chi connectivity index (χ2n) is 8.13. The molecule has 0 aliphatic carbocycles. The topological polar surface area (TPSA) is 60.0 Å². The van der Waals surface area contributed by atoms with Gasteiger partial charge in [-0.1, -0.05) is 35.9 Å². The van der Waals surface area contributed by atoms with Crippen LogP contribution in [-0.2, 0) is 9.53 Å². The first-order valence-corrected chi connectivity index (χ1v) is 11.0. The van der Waals surface area contributed by atoms with E-state index in [1.807, 2.05) is 54.6 Å². The van der Waals surface area contributed by atoms with Gasteiger partial charge in [0.2, 0.25) is 5.91 Å². The van der Waals surface area contributed by atoms with Crippen molar-refractivity contribution in [3.63, 3.8) is 0 Å². The quantitative estimate of drug-likeness (QED) is 0.590. The van der Waals surface area contributed by atoms with Crippen molar-refractivity contribution in [2.45, 2.75) is 31.8 Å². The lowest BCUT2D eigenvalue weighted by Gasteiger charge is -2.31. The zero-order valence-corrected chi connectivity index (χ0v) is 18.6. The summed E-state index contributed by atoms with van der Waals surface area (Å²) in [6.07, 6.45) is 2.72. The fraction of sp³-hybridized carbons (Fsp3) is 0.480. The highest BCUT2D eigenvalue weighted by atomic mass is 16.5. The summed E-state index contributed by atoms with van der Waals surface area (Å²) in [5.74, 6) is 1.70. The van der Waals surface area contributed by atoms with E-state index in [1.54, 1.807) is 7.11 Å². The predicted octanol–water partition coefficient (Wildman–Crippen LogP) is 3.44. The Morgan fingerprint density at radius 1 is 1.00 bits per heavy atom. The van der Waals surface area contributed by atoms with Crippen LogP contribution in [0.5, 0.6) is 11.5 Å². The van der Waals surface area contributed by atoms with Crippen LogP contribution in [0, 0.1) is 6.92 Å². The highest BCUT2D eigenvalue weighted by molar-refractivity contribution is 5.78. The third kappa shape index (κ3) is 7.56. The van der Waals surface area contributed by atoms with E-state index in [-0.39, 0.29) is 11.5 Å². The third-order valence-electron chi connectivity index (χ3n) is 5.75. The van der Waals surface area contributed by atoms with Crippen LogP contribution in [-0.4, -0.2) is 62.9 Å². The maximum atomic E-state index is 12.3. The van der Waals surface area contributed by atoms with Crippen LogP contribution in [0.15, 0.2) is 54.6 Å². The Morgan fingerprint density at radius 2 is 1.74 bits per heavy atom. The molecule has 3 rings (SSSR count). The second-order valence-corrected chi connectivity index (χ2v) is 8.13. The Hall–Kier alpha value is -2.57. The normalized spacial score (nSPS) is 19.4. The average molecular weight is 427 g/mol. The van der Waals surface area contributed by atoms with Gasteiger partial charge in [-0.25, -0.2) is 0 Å². The first-order chi connectivity index (χ1) is 15.1.